The van der Waals surface area contributed by atoms with Gasteiger partial charge in [-0.2, -0.15) is 0 Å². The molecule has 15 heavy (non-hydrogen) atoms. The highest BCUT2D eigenvalue weighted by Gasteiger charge is 2.32. The topological polar surface area (TPSA) is 55.5 Å². The van der Waals surface area contributed by atoms with Crippen molar-refractivity contribution in [3.05, 3.63) is 29.6 Å². The van der Waals surface area contributed by atoms with Gasteiger partial charge in [-0.05, 0) is 25.0 Å². The molecule has 2 rings (SSSR count). The Morgan fingerprint density at radius 2 is 2.33 bits per heavy atom. The summed E-state index contributed by atoms with van der Waals surface area (Å²) >= 11 is 0. The second kappa shape index (κ2) is 3.79. The molecule has 1 heterocycles. The molecule has 0 saturated carbocycles. The first-order valence-corrected chi connectivity index (χ1v) is 5.01. The van der Waals surface area contributed by atoms with Crippen LogP contribution in [0.4, 0.5) is 4.39 Å². The molecular weight excluding hydrogens is 197 g/mol. The third-order valence-corrected chi connectivity index (χ3v) is 2.77. The van der Waals surface area contributed by atoms with Gasteiger partial charge in [0, 0.05) is 18.2 Å². The molecule has 0 saturated heterocycles. The summed E-state index contributed by atoms with van der Waals surface area (Å²) in [4.78, 5) is 0. The molecule has 4 heteroatoms. The number of benzene rings is 1. The molecule has 1 aliphatic heterocycles. The minimum Gasteiger partial charge on any atom is -0.493 e. The van der Waals surface area contributed by atoms with E-state index in [1.807, 2.05) is 0 Å². The predicted molar refractivity (Wildman–Crippen MR) is 54.1 cm³/mol. The molecule has 0 radical (unpaired) electrons. The van der Waals surface area contributed by atoms with E-state index in [1.165, 1.54) is 12.1 Å². The summed E-state index contributed by atoms with van der Waals surface area (Å²) in [7, 11) is 0. The SMILES string of the molecule is NCC1(O)CCCOc2cc(F)ccc21. The van der Waals surface area contributed by atoms with E-state index in [-0.39, 0.29) is 12.4 Å². The zero-order valence-electron chi connectivity index (χ0n) is 8.37. The van der Waals surface area contributed by atoms with E-state index in [9.17, 15) is 9.50 Å². The fourth-order valence-corrected chi connectivity index (χ4v) is 1.89. The third kappa shape index (κ3) is 1.82. The first-order chi connectivity index (χ1) is 7.15. The van der Waals surface area contributed by atoms with Crippen LogP contribution in [-0.2, 0) is 5.60 Å². The number of rotatable bonds is 1. The van der Waals surface area contributed by atoms with Crippen LogP contribution in [0.3, 0.4) is 0 Å². The van der Waals surface area contributed by atoms with Gasteiger partial charge in [0.2, 0.25) is 0 Å². The average molecular weight is 211 g/mol. The minimum absolute atomic E-state index is 0.120. The Balaban J connectivity index is 2.50. The van der Waals surface area contributed by atoms with Gasteiger partial charge in [-0.25, -0.2) is 4.39 Å². The normalized spacial score (nSPS) is 25.3. The molecule has 1 aliphatic rings. The Morgan fingerprint density at radius 1 is 1.53 bits per heavy atom. The Morgan fingerprint density at radius 3 is 3.07 bits per heavy atom. The van der Waals surface area contributed by atoms with Crippen molar-refractivity contribution in [1.82, 2.24) is 0 Å². The molecule has 3 N–H and O–H groups in total. The lowest BCUT2D eigenvalue weighted by molar-refractivity contribution is 0.0374. The summed E-state index contributed by atoms with van der Waals surface area (Å²) in [5.74, 6) is 0.0375. The maximum atomic E-state index is 13.0. The van der Waals surface area contributed by atoms with Crippen LogP contribution in [0.5, 0.6) is 5.75 Å². The quantitative estimate of drug-likeness (QED) is 0.732. The lowest BCUT2D eigenvalue weighted by Crippen LogP contribution is -2.34. The smallest absolute Gasteiger partial charge is 0.128 e. The van der Waals surface area contributed by atoms with Gasteiger partial charge in [0.25, 0.3) is 0 Å². The van der Waals surface area contributed by atoms with Crippen LogP contribution in [0.2, 0.25) is 0 Å². The Bertz CT molecular complexity index is 370. The van der Waals surface area contributed by atoms with Gasteiger partial charge in [-0.1, -0.05) is 0 Å². The summed E-state index contributed by atoms with van der Waals surface area (Å²) in [5.41, 5.74) is 5.06. The predicted octanol–water partition coefficient (Wildman–Crippen LogP) is 1.14. The molecule has 1 atom stereocenters. The molecule has 0 spiro atoms. The zero-order valence-corrected chi connectivity index (χ0v) is 8.37. The largest absolute Gasteiger partial charge is 0.493 e. The number of ether oxygens (including phenoxy) is 1. The maximum Gasteiger partial charge on any atom is 0.128 e. The van der Waals surface area contributed by atoms with Crippen LogP contribution in [0.15, 0.2) is 18.2 Å². The number of halogens is 1. The molecule has 0 aliphatic carbocycles. The van der Waals surface area contributed by atoms with Gasteiger partial charge >= 0.3 is 0 Å². The first-order valence-electron chi connectivity index (χ1n) is 5.01. The third-order valence-electron chi connectivity index (χ3n) is 2.77. The van der Waals surface area contributed by atoms with Crippen molar-refractivity contribution in [2.45, 2.75) is 18.4 Å². The summed E-state index contributed by atoms with van der Waals surface area (Å²) in [5, 5.41) is 10.3. The van der Waals surface area contributed by atoms with Crippen molar-refractivity contribution < 1.29 is 14.2 Å². The first kappa shape index (κ1) is 10.4. The van der Waals surface area contributed by atoms with E-state index in [2.05, 4.69) is 0 Å². The maximum absolute atomic E-state index is 13.0. The van der Waals surface area contributed by atoms with Crippen LogP contribution in [0.1, 0.15) is 18.4 Å². The number of aliphatic hydroxyl groups is 1. The number of fused-ring (bicyclic) bond motifs is 1. The van der Waals surface area contributed by atoms with Crippen molar-refractivity contribution in [1.29, 1.82) is 0 Å². The van der Waals surface area contributed by atoms with Crippen LogP contribution in [0.25, 0.3) is 0 Å². The van der Waals surface area contributed by atoms with Crippen molar-refractivity contribution in [2.24, 2.45) is 5.73 Å². The molecule has 0 amide bonds. The van der Waals surface area contributed by atoms with Gasteiger partial charge < -0.3 is 15.6 Å². The van der Waals surface area contributed by atoms with Crippen LogP contribution in [-0.4, -0.2) is 18.3 Å². The highest BCUT2D eigenvalue weighted by Crippen LogP contribution is 2.36. The monoisotopic (exact) mass is 211 g/mol. The summed E-state index contributed by atoms with van der Waals surface area (Å²) in [6, 6.07) is 4.15. The highest BCUT2D eigenvalue weighted by atomic mass is 19.1. The highest BCUT2D eigenvalue weighted by molar-refractivity contribution is 5.39. The Hall–Kier alpha value is -1.13. The lowest BCUT2D eigenvalue weighted by Gasteiger charge is -2.25. The van der Waals surface area contributed by atoms with Gasteiger partial charge in [0.15, 0.2) is 0 Å². The van der Waals surface area contributed by atoms with Crippen molar-refractivity contribution >= 4 is 0 Å². The Kier molecular flexibility index (Phi) is 2.63. The molecule has 1 aromatic carbocycles. The van der Waals surface area contributed by atoms with Gasteiger partial charge in [0.05, 0.1) is 6.61 Å². The fourth-order valence-electron chi connectivity index (χ4n) is 1.89. The van der Waals surface area contributed by atoms with E-state index < -0.39 is 5.60 Å². The number of hydrogen-bond donors (Lipinski definition) is 2. The second-order valence-electron chi connectivity index (χ2n) is 3.83. The van der Waals surface area contributed by atoms with Crippen molar-refractivity contribution in [3.8, 4) is 5.75 Å². The average Bonchev–Trinajstić information content (AvgIpc) is 2.39. The van der Waals surface area contributed by atoms with Crippen molar-refractivity contribution in [2.75, 3.05) is 13.2 Å². The van der Waals surface area contributed by atoms with E-state index in [0.29, 0.717) is 30.8 Å². The van der Waals surface area contributed by atoms with Gasteiger partial charge in [-0.3, -0.25) is 0 Å². The molecule has 1 unspecified atom stereocenters. The number of nitrogens with two attached hydrogens (primary N) is 1. The molecule has 0 aromatic heterocycles. The summed E-state index contributed by atoms with van der Waals surface area (Å²) < 4.78 is 18.4. The molecule has 3 nitrogen and oxygen atoms in total. The zero-order chi connectivity index (χ0) is 10.9. The van der Waals surface area contributed by atoms with Crippen LogP contribution >= 0.6 is 0 Å². The van der Waals surface area contributed by atoms with Crippen LogP contribution in [0, 0.1) is 5.82 Å². The summed E-state index contributed by atoms with van der Waals surface area (Å²) in [6.45, 7) is 0.605. The van der Waals surface area contributed by atoms with Crippen molar-refractivity contribution in [3.63, 3.8) is 0 Å². The molecule has 1 aromatic rings. The fraction of sp³-hybridized carbons (Fsp3) is 0.455. The number of hydrogen-bond acceptors (Lipinski definition) is 3. The standard InChI is InChI=1S/C11H14FNO2/c12-8-2-3-9-10(6-8)15-5-1-4-11(9,14)7-13/h2-3,6,14H,1,4-5,7,13H2. The minimum atomic E-state index is -1.08. The Labute approximate surface area is 87.7 Å². The molecular formula is C11H14FNO2. The molecule has 0 bridgehead atoms. The second-order valence-corrected chi connectivity index (χ2v) is 3.83. The van der Waals surface area contributed by atoms with Gasteiger partial charge in [0.1, 0.15) is 17.2 Å². The lowest BCUT2D eigenvalue weighted by atomic mass is 9.89. The van der Waals surface area contributed by atoms with Gasteiger partial charge in [-0.15, -0.1) is 0 Å². The molecule has 0 fully saturated rings. The summed E-state index contributed by atoms with van der Waals surface area (Å²) in [6.07, 6.45) is 1.26. The van der Waals surface area contributed by atoms with E-state index in [1.54, 1.807) is 6.07 Å². The van der Waals surface area contributed by atoms with Crippen LogP contribution < -0.4 is 10.5 Å². The van der Waals surface area contributed by atoms with E-state index in [4.69, 9.17) is 10.5 Å². The van der Waals surface area contributed by atoms with E-state index in [0.717, 1.165) is 0 Å². The van der Waals surface area contributed by atoms with E-state index >= 15 is 0 Å². The molecule has 82 valence electrons.